The Balaban J connectivity index is 1.75. The van der Waals surface area contributed by atoms with Crippen LogP contribution in [0.25, 0.3) is 16.2 Å². The zero-order chi connectivity index (χ0) is 23.7. The van der Waals surface area contributed by atoms with Crippen LogP contribution < -0.4 is 10.3 Å². The van der Waals surface area contributed by atoms with E-state index >= 15 is 0 Å². The Kier molecular flexibility index (Phi) is 6.46. The predicted molar refractivity (Wildman–Crippen MR) is 127 cm³/mol. The molecule has 0 aliphatic carbocycles. The fraction of sp³-hybridized carbons (Fsp3) is 0.435. The summed E-state index contributed by atoms with van der Waals surface area (Å²) in [6.07, 6.45) is 4.50. The van der Waals surface area contributed by atoms with Crippen molar-refractivity contribution < 1.29 is 14.3 Å². The molecule has 3 aromatic heterocycles. The lowest BCUT2D eigenvalue weighted by Crippen LogP contribution is -2.60. The molecular formula is C23H27N5O4S. The summed E-state index contributed by atoms with van der Waals surface area (Å²) < 4.78 is 6.78. The molecule has 10 heteroatoms. The summed E-state index contributed by atoms with van der Waals surface area (Å²) in [5.74, 6) is 0.207. The van der Waals surface area contributed by atoms with Crippen LogP contribution in [0.4, 0.5) is 5.82 Å². The average molecular weight is 470 g/mol. The van der Waals surface area contributed by atoms with Crippen molar-refractivity contribution in [3.63, 3.8) is 0 Å². The highest BCUT2D eigenvalue weighted by atomic mass is 32.1. The third-order valence-electron chi connectivity index (χ3n) is 5.85. The van der Waals surface area contributed by atoms with Crippen molar-refractivity contribution in [1.82, 2.24) is 19.4 Å². The average Bonchev–Trinajstić information content (AvgIpc) is 3.27. The number of aryl methyl sites for hydroxylation is 1. The van der Waals surface area contributed by atoms with Crippen LogP contribution >= 0.6 is 11.3 Å². The number of ether oxygens (including phenoxy) is 1. The molecular weight excluding hydrogens is 442 g/mol. The van der Waals surface area contributed by atoms with Gasteiger partial charge < -0.3 is 14.5 Å². The van der Waals surface area contributed by atoms with Gasteiger partial charge in [0.05, 0.1) is 18.0 Å². The number of aromatic nitrogens is 3. The third kappa shape index (κ3) is 4.22. The lowest BCUT2D eigenvalue weighted by atomic mass is 10.1. The van der Waals surface area contributed by atoms with Gasteiger partial charge in [-0.1, -0.05) is 6.92 Å². The second-order valence-corrected chi connectivity index (χ2v) is 8.96. The highest BCUT2D eigenvalue weighted by Crippen LogP contribution is 2.28. The minimum absolute atomic E-state index is 0.0442. The molecule has 0 atom stereocenters. The third-order valence-corrected chi connectivity index (χ3v) is 6.62. The van der Waals surface area contributed by atoms with Crippen molar-refractivity contribution in [3.8, 4) is 5.13 Å². The normalized spacial score (nSPS) is 13.8. The van der Waals surface area contributed by atoms with E-state index in [1.165, 1.54) is 17.5 Å². The predicted octanol–water partition coefficient (Wildman–Crippen LogP) is 2.77. The molecule has 33 heavy (non-hydrogen) atoms. The molecule has 174 valence electrons. The first-order chi connectivity index (χ1) is 15.8. The van der Waals surface area contributed by atoms with Gasteiger partial charge in [0, 0.05) is 44.3 Å². The summed E-state index contributed by atoms with van der Waals surface area (Å²) in [5, 5.41) is 2.79. The van der Waals surface area contributed by atoms with E-state index in [2.05, 4.69) is 9.88 Å². The lowest BCUT2D eigenvalue weighted by Gasteiger charge is -2.44. The standard InChI is InChI=1S/C23H27N5O4S/c1-5-7-18(29)26(4)15-11-27(12-15)17-10-14(3)19-20(30)16(22(31)32-6-2)13-28(21(19)25-17)23-24-8-9-33-23/h8-10,13,15H,5-7,11-12H2,1-4H3. The molecule has 1 aliphatic rings. The molecule has 4 rings (SSSR count). The minimum Gasteiger partial charge on any atom is -0.462 e. The van der Waals surface area contributed by atoms with Crippen LogP contribution in [0.1, 0.15) is 42.6 Å². The van der Waals surface area contributed by atoms with Gasteiger partial charge in [0.1, 0.15) is 11.4 Å². The summed E-state index contributed by atoms with van der Waals surface area (Å²) in [4.78, 5) is 50.9. The first kappa shape index (κ1) is 22.9. The molecule has 4 heterocycles. The summed E-state index contributed by atoms with van der Waals surface area (Å²) in [7, 11) is 1.84. The van der Waals surface area contributed by atoms with Crippen molar-refractivity contribution in [1.29, 1.82) is 0 Å². The van der Waals surface area contributed by atoms with Gasteiger partial charge in [-0.25, -0.2) is 14.8 Å². The van der Waals surface area contributed by atoms with Gasteiger partial charge in [-0.15, -0.1) is 11.3 Å². The number of nitrogens with zero attached hydrogens (tertiary/aromatic N) is 5. The van der Waals surface area contributed by atoms with E-state index in [0.717, 1.165) is 17.8 Å². The summed E-state index contributed by atoms with van der Waals surface area (Å²) in [6, 6.07) is 1.99. The number of hydrogen-bond acceptors (Lipinski definition) is 8. The van der Waals surface area contributed by atoms with E-state index in [1.807, 2.05) is 37.2 Å². The quantitative estimate of drug-likeness (QED) is 0.491. The Hall–Kier alpha value is -3.27. The van der Waals surface area contributed by atoms with Gasteiger partial charge in [0.25, 0.3) is 0 Å². The molecule has 0 radical (unpaired) electrons. The van der Waals surface area contributed by atoms with E-state index in [9.17, 15) is 14.4 Å². The largest absolute Gasteiger partial charge is 0.462 e. The second kappa shape index (κ2) is 9.30. The number of amides is 1. The molecule has 0 saturated carbocycles. The van der Waals surface area contributed by atoms with Crippen molar-refractivity contribution in [2.24, 2.45) is 0 Å². The number of esters is 1. The molecule has 3 aromatic rings. The number of fused-ring (bicyclic) bond motifs is 1. The van der Waals surface area contributed by atoms with Crippen molar-refractivity contribution in [3.05, 3.63) is 45.2 Å². The summed E-state index contributed by atoms with van der Waals surface area (Å²) >= 11 is 1.38. The zero-order valence-electron chi connectivity index (χ0n) is 19.2. The van der Waals surface area contributed by atoms with E-state index in [-0.39, 0.29) is 24.1 Å². The number of hydrogen-bond donors (Lipinski definition) is 0. The molecule has 0 aromatic carbocycles. The van der Waals surface area contributed by atoms with Gasteiger partial charge in [-0.2, -0.15) is 0 Å². The van der Waals surface area contributed by atoms with Crippen molar-refractivity contribution in [2.45, 2.75) is 39.7 Å². The van der Waals surface area contributed by atoms with E-state index in [1.54, 1.807) is 17.7 Å². The Morgan fingerprint density at radius 1 is 1.30 bits per heavy atom. The number of pyridine rings is 2. The molecule has 1 aliphatic heterocycles. The van der Waals surface area contributed by atoms with Crippen LogP contribution in [0.2, 0.25) is 0 Å². The lowest BCUT2D eigenvalue weighted by molar-refractivity contribution is -0.132. The fourth-order valence-corrected chi connectivity index (χ4v) is 4.57. The van der Waals surface area contributed by atoms with Gasteiger partial charge in [0.2, 0.25) is 11.3 Å². The SMILES string of the molecule is CCCC(=O)N(C)C1CN(c2cc(C)c3c(=O)c(C(=O)OCC)cn(-c4nccs4)c3n2)C1. The van der Waals surface area contributed by atoms with Crippen LogP contribution in [0, 0.1) is 6.92 Å². The summed E-state index contributed by atoms with van der Waals surface area (Å²) in [6.45, 7) is 7.05. The Bertz CT molecular complexity index is 1250. The van der Waals surface area contributed by atoms with E-state index in [4.69, 9.17) is 9.72 Å². The van der Waals surface area contributed by atoms with E-state index < -0.39 is 11.4 Å². The molecule has 0 bridgehead atoms. The molecule has 1 fully saturated rings. The van der Waals surface area contributed by atoms with E-state index in [0.29, 0.717) is 35.7 Å². The minimum atomic E-state index is -0.663. The smallest absolute Gasteiger partial charge is 0.343 e. The highest BCUT2D eigenvalue weighted by molar-refractivity contribution is 7.12. The van der Waals surface area contributed by atoms with Crippen LogP contribution in [-0.4, -0.2) is 64.1 Å². The van der Waals surface area contributed by atoms with Crippen LogP contribution in [0.15, 0.2) is 28.6 Å². The van der Waals surface area contributed by atoms with Gasteiger partial charge in [-0.3, -0.25) is 14.2 Å². The Morgan fingerprint density at radius 3 is 2.70 bits per heavy atom. The number of anilines is 1. The zero-order valence-corrected chi connectivity index (χ0v) is 20.0. The molecule has 1 amide bonds. The van der Waals surface area contributed by atoms with Gasteiger partial charge >= 0.3 is 5.97 Å². The second-order valence-electron chi connectivity index (χ2n) is 8.09. The number of thiazole rings is 1. The Morgan fingerprint density at radius 2 is 2.06 bits per heavy atom. The van der Waals surface area contributed by atoms with Gasteiger partial charge in [-0.05, 0) is 31.9 Å². The molecule has 0 unspecified atom stereocenters. The number of rotatable bonds is 7. The molecule has 9 nitrogen and oxygen atoms in total. The maximum Gasteiger partial charge on any atom is 0.343 e. The monoisotopic (exact) mass is 469 g/mol. The highest BCUT2D eigenvalue weighted by Gasteiger charge is 2.33. The van der Waals surface area contributed by atoms with Crippen molar-refractivity contribution >= 4 is 40.1 Å². The van der Waals surface area contributed by atoms with Crippen LogP contribution in [0.5, 0.6) is 0 Å². The maximum atomic E-state index is 13.2. The Labute approximate surface area is 195 Å². The van der Waals surface area contributed by atoms with Crippen LogP contribution in [-0.2, 0) is 9.53 Å². The molecule has 1 saturated heterocycles. The number of carbonyl (C=O) groups excluding carboxylic acids is 2. The van der Waals surface area contributed by atoms with Gasteiger partial charge in [0.15, 0.2) is 10.8 Å². The van der Waals surface area contributed by atoms with Crippen LogP contribution in [0.3, 0.4) is 0 Å². The first-order valence-electron chi connectivity index (χ1n) is 11.0. The maximum absolute atomic E-state index is 13.2. The molecule has 0 spiro atoms. The summed E-state index contributed by atoms with van der Waals surface area (Å²) in [5.41, 5.74) is 0.712. The number of carbonyl (C=O) groups is 2. The van der Waals surface area contributed by atoms with Crippen molar-refractivity contribution in [2.75, 3.05) is 31.6 Å². The fourth-order valence-electron chi connectivity index (χ4n) is 3.96. The first-order valence-corrected chi connectivity index (χ1v) is 11.9. The molecule has 0 N–H and O–H groups in total. The number of likely N-dealkylation sites (N-methyl/N-ethyl adjacent to an activating group) is 1. The topological polar surface area (TPSA) is 97.6 Å².